The van der Waals surface area contributed by atoms with Gasteiger partial charge in [0.25, 0.3) is 5.24 Å². The fourth-order valence-corrected chi connectivity index (χ4v) is 1.98. The van der Waals surface area contributed by atoms with E-state index in [2.05, 4.69) is 11.4 Å². The van der Waals surface area contributed by atoms with Crippen molar-refractivity contribution in [2.45, 2.75) is 12.5 Å². The average Bonchev–Trinajstić information content (AvgIpc) is 2.27. The summed E-state index contributed by atoms with van der Waals surface area (Å²) >= 11 is 1.31. The fraction of sp³-hybridized carbons (Fsp3) is 0.286. The summed E-state index contributed by atoms with van der Waals surface area (Å²) in [5.74, 6) is 0. The third-order valence-corrected chi connectivity index (χ3v) is 2.57. The van der Waals surface area contributed by atoms with Crippen LogP contribution in [-0.2, 0) is 0 Å². The number of allylic oxidation sites excluding steroid dienone is 2. The maximum atomic E-state index is 10.8. The molecule has 0 aromatic rings. The molecule has 0 bridgehead atoms. The number of amides is 1. The second-order valence-corrected chi connectivity index (χ2v) is 3.37. The first kappa shape index (κ1) is 6.04. The molecule has 1 aliphatic heterocycles. The van der Waals surface area contributed by atoms with E-state index in [0.29, 0.717) is 0 Å². The van der Waals surface area contributed by atoms with Crippen molar-refractivity contribution in [3.63, 3.8) is 0 Å². The molecular weight excluding hydrogens is 146 g/mol. The van der Waals surface area contributed by atoms with Crippen molar-refractivity contribution in [1.82, 2.24) is 5.32 Å². The molecule has 2 rings (SSSR count). The van der Waals surface area contributed by atoms with Crippen LogP contribution in [0.5, 0.6) is 0 Å². The van der Waals surface area contributed by atoms with Gasteiger partial charge in [0, 0.05) is 4.91 Å². The third kappa shape index (κ3) is 0.865. The van der Waals surface area contributed by atoms with E-state index in [1.54, 1.807) is 0 Å². The molecule has 2 aliphatic rings. The number of hydrogen-bond acceptors (Lipinski definition) is 2. The van der Waals surface area contributed by atoms with Crippen LogP contribution in [0.2, 0.25) is 0 Å². The largest absolute Gasteiger partial charge is 0.339 e. The molecule has 0 spiro atoms. The van der Waals surface area contributed by atoms with Crippen molar-refractivity contribution in [3.8, 4) is 0 Å². The highest BCUT2D eigenvalue weighted by atomic mass is 32.2. The van der Waals surface area contributed by atoms with Crippen molar-refractivity contribution in [1.29, 1.82) is 0 Å². The summed E-state index contributed by atoms with van der Waals surface area (Å²) in [7, 11) is 0. The molecule has 1 aliphatic carbocycles. The summed E-state index contributed by atoms with van der Waals surface area (Å²) in [6.45, 7) is 0. The van der Waals surface area contributed by atoms with Crippen molar-refractivity contribution in [3.05, 3.63) is 23.1 Å². The molecule has 1 amide bonds. The van der Waals surface area contributed by atoms with Crippen molar-refractivity contribution in [2.75, 3.05) is 0 Å². The van der Waals surface area contributed by atoms with Crippen LogP contribution >= 0.6 is 11.8 Å². The number of nitrogens with one attached hydrogen (secondary N) is 1. The quantitative estimate of drug-likeness (QED) is 0.573. The van der Waals surface area contributed by atoms with E-state index in [0.717, 1.165) is 11.3 Å². The fourth-order valence-electron chi connectivity index (χ4n) is 1.12. The summed E-state index contributed by atoms with van der Waals surface area (Å²) in [5, 5.41) is 2.94. The molecule has 0 aromatic heterocycles. The summed E-state index contributed by atoms with van der Waals surface area (Å²) in [4.78, 5) is 12.0. The maximum Gasteiger partial charge on any atom is 0.284 e. The zero-order chi connectivity index (χ0) is 6.97. The van der Waals surface area contributed by atoms with Crippen molar-refractivity contribution < 1.29 is 4.79 Å². The van der Waals surface area contributed by atoms with Gasteiger partial charge in [-0.05, 0) is 18.2 Å². The van der Waals surface area contributed by atoms with Gasteiger partial charge in [-0.2, -0.15) is 0 Å². The number of carbonyl (C=O) groups is 1. The van der Waals surface area contributed by atoms with E-state index >= 15 is 0 Å². The Morgan fingerprint density at radius 2 is 2.60 bits per heavy atom. The van der Waals surface area contributed by atoms with Crippen LogP contribution in [0.4, 0.5) is 4.79 Å². The van der Waals surface area contributed by atoms with Gasteiger partial charge in [-0.1, -0.05) is 18.2 Å². The molecule has 1 saturated heterocycles. The zero-order valence-corrected chi connectivity index (χ0v) is 6.15. The van der Waals surface area contributed by atoms with E-state index in [4.69, 9.17) is 0 Å². The van der Waals surface area contributed by atoms with Crippen LogP contribution in [0.3, 0.4) is 0 Å². The van der Waals surface area contributed by atoms with E-state index in [9.17, 15) is 4.79 Å². The first-order valence-corrected chi connectivity index (χ1v) is 4.03. The van der Waals surface area contributed by atoms with E-state index in [-0.39, 0.29) is 11.3 Å². The Morgan fingerprint density at radius 1 is 1.70 bits per heavy atom. The SMILES string of the molecule is O=C1NC2CC=CC=C2S1. The second-order valence-electron chi connectivity index (χ2n) is 2.32. The molecule has 1 unspecified atom stereocenters. The highest BCUT2D eigenvalue weighted by Crippen LogP contribution is 2.31. The summed E-state index contributed by atoms with van der Waals surface area (Å²) < 4.78 is 0. The van der Waals surface area contributed by atoms with Crippen LogP contribution < -0.4 is 5.32 Å². The van der Waals surface area contributed by atoms with E-state index < -0.39 is 0 Å². The normalized spacial score (nSPS) is 29.4. The van der Waals surface area contributed by atoms with Gasteiger partial charge in [0.05, 0.1) is 6.04 Å². The van der Waals surface area contributed by atoms with Crippen LogP contribution in [0.25, 0.3) is 0 Å². The Labute approximate surface area is 63.4 Å². The Morgan fingerprint density at radius 3 is 3.40 bits per heavy atom. The minimum Gasteiger partial charge on any atom is -0.339 e. The lowest BCUT2D eigenvalue weighted by Crippen LogP contribution is -2.24. The van der Waals surface area contributed by atoms with Gasteiger partial charge in [-0.3, -0.25) is 4.79 Å². The third-order valence-electron chi connectivity index (χ3n) is 1.61. The molecule has 10 heavy (non-hydrogen) atoms. The molecule has 3 heteroatoms. The van der Waals surface area contributed by atoms with Gasteiger partial charge in [-0.25, -0.2) is 0 Å². The van der Waals surface area contributed by atoms with Gasteiger partial charge in [0.1, 0.15) is 0 Å². The molecule has 1 atom stereocenters. The highest BCUT2D eigenvalue weighted by Gasteiger charge is 2.26. The standard InChI is InChI=1S/C7H7NOS/c9-7-8-5-3-1-2-4-6(5)10-7/h1-2,4-5H,3H2,(H,8,9). The molecule has 1 fully saturated rings. The second kappa shape index (κ2) is 2.16. The lowest BCUT2D eigenvalue weighted by Gasteiger charge is -2.09. The maximum absolute atomic E-state index is 10.8. The van der Waals surface area contributed by atoms with Gasteiger partial charge in [-0.15, -0.1) is 0 Å². The smallest absolute Gasteiger partial charge is 0.284 e. The summed E-state index contributed by atoms with van der Waals surface area (Å²) in [6.07, 6.45) is 7.01. The van der Waals surface area contributed by atoms with Crippen molar-refractivity contribution >= 4 is 17.0 Å². The van der Waals surface area contributed by atoms with Crippen LogP contribution in [0, 0.1) is 0 Å². The van der Waals surface area contributed by atoms with Gasteiger partial charge < -0.3 is 5.32 Å². The molecule has 2 nitrogen and oxygen atoms in total. The first-order valence-electron chi connectivity index (χ1n) is 3.21. The predicted octanol–water partition coefficient (Wildman–Crippen LogP) is 1.66. The minimum absolute atomic E-state index is 0.0833. The van der Waals surface area contributed by atoms with Crippen LogP contribution in [0.1, 0.15) is 6.42 Å². The molecule has 0 saturated carbocycles. The monoisotopic (exact) mass is 153 g/mol. The number of fused-ring (bicyclic) bond motifs is 1. The molecular formula is C7H7NOS. The molecule has 0 radical (unpaired) electrons. The zero-order valence-electron chi connectivity index (χ0n) is 5.33. The minimum atomic E-state index is 0.0833. The number of carbonyl (C=O) groups excluding carboxylic acids is 1. The van der Waals surface area contributed by atoms with E-state index in [1.807, 2.05) is 12.2 Å². The summed E-state index contributed by atoms with van der Waals surface area (Å²) in [6, 6.07) is 0.280. The number of rotatable bonds is 0. The summed E-state index contributed by atoms with van der Waals surface area (Å²) in [5.41, 5.74) is 0. The Bertz CT molecular complexity index is 232. The lowest BCUT2D eigenvalue weighted by atomic mass is 10.1. The predicted molar refractivity (Wildman–Crippen MR) is 41.8 cm³/mol. The van der Waals surface area contributed by atoms with Crippen LogP contribution in [-0.4, -0.2) is 11.3 Å². The molecule has 1 N–H and O–H groups in total. The Kier molecular flexibility index (Phi) is 1.31. The lowest BCUT2D eigenvalue weighted by molar-refractivity contribution is 0.260. The Balaban J connectivity index is 2.26. The number of thioether (sulfide) groups is 1. The molecule has 1 heterocycles. The van der Waals surface area contributed by atoms with Gasteiger partial charge in [0.2, 0.25) is 0 Å². The van der Waals surface area contributed by atoms with Gasteiger partial charge in [0.15, 0.2) is 0 Å². The van der Waals surface area contributed by atoms with Crippen molar-refractivity contribution in [2.24, 2.45) is 0 Å². The molecule has 0 aromatic carbocycles. The topological polar surface area (TPSA) is 29.1 Å². The average molecular weight is 153 g/mol. The molecule has 52 valence electrons. The first-order chi connectivity index (χ1) is 4.86. The van der Waals surface area contributed by atoms with Crippen LogP contribution in [0.15, 0.2) is 23.1 Å². The van der Waals surface area contributed by atoms with Gasteiger partial charge >= 0.3 is 0 Å². The Hall–Kier alpha value is -0.700. The number of hydrogen-bond donors (Lipinski definition) is 1. The van der Waals surface area contributed by atoms with E-state index in [1.165, 1.54) is 11.8 Å². The highest BCUT2D eigenvalue weighted by molar-refractivity contribution is 8.17.